The highest BCUT2D eigenvalue weighted by Crippen LogP contribution is 2.41. The molecule has 11 nitrogen and oxygen atoms in total. The molecule has 5 rings (SSSR count). The Balaban J connectivity index is 1.03. The van der Waals surface area contributed by atoms with Crippen LogP contribution in [0.4, 0.5) is 20.6 Å². The lowest BCUT2D eigenvalue weighted by Crippen LogP contribution is -2.47. The van der Waals surface area contributed by atoms with Gasteiger partial charge in [-0.3, -0.25) is 9.62 Å². The third-order valence-corrected chi connectivity index (χ3v) is 17.4. The lowest BCUT2D eigenvalue weighted by Gasteiger charge is -2.39. The Labute approximate surface area is 376 Å². The number of para-hydroxylation sites is 1. The molecule has 4 N–H and O–H groups in total. The number of carboxylic acid groups (broad SMARTS) is 1. The van der Waals surface area contributed by atoms with Crippen molar-refractivity contribution in [2.45, 2.75) is 115 Å². The van der Waals surface area contributed by atoms with Crippen LogP contribution in [0.2, 0.25) is 18.1 Å². The zero-order valence-electron chi connectivity index (χ0n) is 38.0. The van der Waals surface area contributed by atoms with Gasteiger partial charge in [0.15, 0.2) is 19.9 Å². The highest BCUT2D eigenvalue weighted by Gasteiger charge is 2.39. The average molecular weight is 905 g/mol. The average Bonchev–Trinajstić information content (AvgIpc) is 3.23. The van der Waals surface area contributed by atoms with E-state index >= 15 is 0 Å². The second-order valence-corrected chi connectivity index (χ2v) is 24.9. The first kappa shape index (κ1) is 49.5. The van der Waals surface area contributed by atoms with E-state index in [1.165, 1.54) is 36.3 Å². The number of anilines is 2. The van der Waals surface area contributed by atoms with Gasteiger partial charge in [-0.2, -0.15) is 0 Å². The molecule has 4 aromatic carbocycles. The van der Waals surface area contributed by atoms with Gasteiger partial charge in [0.25, 0.3) is 0 Å². The quantitative estimate of drug-likeness (QED) is 0.0423. The molecule has 1 aliphatic rings. The van der Waals surface area contributed by atoms with Crippen LogP contribution in [0.1, 0.15) is 95.8 Å². The summed E-state index contributed by atoms with van der Waals surface area (Å²) >= 11 is 0. The van der Waals surface area contributed by atoms with E-state index in [-0.39, 0.29) is 17.2 Å². The largest absolute Gasteiger partial charge is 0.505 e. The standard InChI is InChI=1S/C49H69FN4O7SSi/c1-49(2,3)63(5,6)61-47(39-24-26-46(43(34-39)52-62(4,58)59)60-36-37-19-13-12-14-20-37)35-51-29-17-10-8-7-9-11-18-30-53-31-27-40(28-32-53)54(48(56)57)44-22-16-15-21-41(44)38-23-25-45(55)42(50)33-38/h12-16,19-26,33-34,40,47,51-52,55H,7-11,17-18,27-32,35-36H2,1-6H3,(H,56,57)/t47-/m0/s1. The van der Waals surface area contributed by atoms with Crippen LogP contribution in [0.15, 0.2) is 91.0 Å². The van der Waals surface area contributed by atoms with E-state index in [2.05, 4.69) is 48.8 Å². The van der Waals surface area contributed by atoms with E-state index in [0.717, 1.165) is 82.1 Å². The summed E-state index contributed by atoms with van der Waals surface area (Å²) in [6.45, 7) is 15.6. The first-order valence-corrected chi connectivity index (χ1v) is 27.2. The van der Waals surface area contributed by atoms with Gasteiger partial charge in [0.05, 0.1) is 23.7 Å². The van der Waals surface area contributed by atoms with Gasteiger partial charge in [0, 0.05) is 31.2 Å². The van der Waals surface area contributed by atoms with Gasteiger partial charge in [0.1, 0.15) is 12.4 Å². The van der Waals surface area contributed by atoms with Gasteiger partial charge in [-0.1, -0.05) is 114 Å². The topological polar surface area (TPSA) is 141 Å². The number of unbranched alkanes of at least 4 members (excludes halogenated alkanes) is 6. The molecule has 344 valence electrons. The maximum atomic E-state index is 14.2. The Hall–Kier alpha value is -4.47. The number of hydrogen-bond donors (Lipinski definition) is 4. The molecule has 1 heterocycles. The van der Waals surface area contributed by atoms with Crippen molar-refractivity contribution in [2.24, 2.45) is 0 Å². The van der Waals surface area contributed by atoms with Crippen LogP contribution in [-0.2, 0) is 21.1 Å². The minimum absolute atomic E-state index is 0.00670. The summed E-state index contributed by atoms with van der Waals surface area (Å²) < 4.78 is 54.8. The van der Waals surface area contributed by atoms with Crippen molar-refractivity contribution in [3.63, 3.8) is 0 Å². The third kappa shape index (κ3) is 15.1. The number of phenols is 1. The Morgan fingerprint density at radius 1 is 0.905 bits per heavy atom. The fourth-order valence-corrected chi connectivity index (χ4v) is 9.65. The van der Waals surface area contributed by atoms with Crippen molar-refractivity contribution in [2.75, 3.05) is 48.6 Å². The van der Waals surface area contributed by atoms with Crippen LogP contribution in [-0.4, -0.2) is 83.0 Å². The molecule has 63 heavy (non-hydrogen) atoms. The van der Waals surface area contributed by atoms with Crippen LogP contribution >= 0.6 is 0 Å². The number of aromatic hydroxyl groups is 1. The van der Waals surface area contributed by atoms with Gasteiger partial charge < -0.3 is 29.6 Å². The number of sulfonamides is 1. The van der Waals surface area contributed by atoms with Crippen molar-refractivity contribution < 1.29 is 37.0 Å². The molecule has 0 aromatic heterocycles. The molecule has 1 saturated heterocycles. The molecule has 4 aromatic rings. The van der Waals surface area contributed by atoms with Crippen LogP contribution in [0, 0.1) is 5.82 Å². The number of likely N-dealkylation sites (tertiary alicyclic amines) is 1. The van der Waals surface area contributed by atoms with Gasteiger partial charge in [-0.25, -0.2) is 17.6 Å². The summed E-state index contributed by atoms with van der Waals surface area (Å²) in [4.78, 5) is 16.5. The summed E-state index contributed by atoms with van der Waals surface area (Å²) in [5.41, 5.74) is 3.93. The maximum Gasteiger partial charge on any atom is 0.412 e. The number of piperidine rings is 1. The Morgan fingerprint density at radius 2 is 1.56 bits per heavy atom. The van der Waals surface area contributed by atoms with Crippen LogP contribution in [0.3, 0.4) is 0 Å². The monoisotopic (exact) mass is 904 g/mol. The van der Waals surface area contributed by atoms with E-state index in [1.54, 1.807) is 30.3 Å². The second kappa shape index (κ2) is 22.9. The number of phenolic OH excluding ortho intramolecular Hbond substituents is 1. The fourth-order valence-electron chi connectivity index (χ4n) is 7.81. The number of nitrogens with zero attached hydrogens (tertiary/aromatic N) is 2. The molecule has 1 amide bonds. The first-order valence-electron chi connectivity index (χ1n) is 22.4. The molecule has 0 aliphatic carbocycles. The minimum Gasteiger partial charge on any atom is -0.505 e. The Bertz CT molecular complexity index is 2180. The Kier molecular flexibility index (Phi) is 18.0. The van der Waals surface area contributed by atoms with Crippen LogP contribution in [0.25, 0.3) is 11.1 Å². The van der Waals surface area contributed by atoms with Crippen molar-refractivity contribution >= 4 is 35.8 Å². The zero-order chi connectivity index (χ0) is 45.6. The molecular weight excluding hydrogens is 836 g/mol. The van der Waals surface area contributed by atoms with E-state index < -0.39 is 36.0 Å². The van der Waals surface area contributed by atoms with Crippen LogP contribution in [0.5, 0.6) is 11.5 Å². The smallest absolute Gasteiger partial charge is 0.412 e. The first-order chi connectivity index (χ1) is 29.9. The summed E-state index contributed by atoms with van der Waals surface area (Å²) in [7, 11) is -5.75. The van der Waals surface area contributed by atoms with Gasteiger partial charge in [-0.15, -0.1) is 0 Å². The van der Waals surface area contributed by atoms with E-state index in [4.69, 9.17) is 9.16 Å². The van der Waals surface area contributed by atoms with Gasteiger partial charge >= 0.3 is 6.09 Å². The molecule has 0 saturated carbocycles. The number of halogens is 1. The number of nitrogens with one attached hydrogen (secondary N) is 2. The van der Waals surface area contributed by atoms with Crippen molar-refractivity contribution in [3.8, 4) is 22.6 Å². The molecule has 1 fully saturated rings. The SMILES string of the molecule is CC(C)(C)[Si](C)(C)O[C@@H](CNCCCCCCCCCN1CCC(N(C(=O)O)c2ccccc2-c2ccc(O)c(F)c2)CC1)c1ccc(OCc2ccccc2)c(NS(C)(=O)=O)c1. The predicted octanol–water partition coefficient (Wildman–Crippen LogP) is 11.2. The molecule has 0 bridgehead atoms. The number of rotatable bonds is 23. The highest BCUT2D eigenvalue weighted by atomic mass is 32.2. The van der Waals surface area contributed by atoms with E-state index in [0.29, 0.717) is 41.4 Å². The van der Waals surface area contributed by atoms with Gasteiger partial charge in [-0.05, 0) is 104 Å². The lowest BCUT2D eigenvalue weighted by molar-refractivity contribution is 0.179. The third-order valence-electron chi connectivity index (χ3n) is 12.4. The number of carbonyl (C=O) groups is 1. The molecule has 1 aliphatic heterocycles. The highest BCUT2D eigenvalue weighted by molar-refractivity contribution is 7.92. The summed E-state index contributed by atoms with van der Waals surface area (Å²) in [6.07, 6.45) is 9.30. The van der Waals surface area contributed by atoms with Gasteiger partial charge in [0.2, 0.25) is 10.0 Å². The summed E-state index contributed by atoms with van der Waals surface area (Å²) in [5.74, 6) is -0.720. The predicted molar refractivity (Wildman–Crippen MR) is 255 cm³/mol. The molecule has 14 heteroatoms. The van der Waals surface area contributed by atoms with E-state index in [1.807, 2.05) is 48.5 Å². The summed E-state index contributed by atoms with van der Waals surface area (Å²) in [5, 5.41) is 23.6. The van der Waals surface area contributed by atoms with Crippen molar-refractivity contribution in [1.29, 1.82) is 0 Å². The van der Waals surface area contributed by atoms with E-state index in [9.17, 15) is 27.8 Å². The summed E-state index contributed by atoms with van der Waals surface area (Å²) in [6, 6.07) is 26.6. The molecular formula is C49H69FN4O7SSi. The number of ether oxygens (including phenoxy) is 1. The van der Waals surface area contributed by atoms with Crippen molar-refractivity contribution in [3.05, 3.63) is 108 Å². The van der Waals surface area contributed by atoms with Crippen LogP contribution < -0.4 is 19.7 Å². The maximum absolute atomic E-state index is 14.2. The molecule has 1 atom stereocenters. The Morgan fingerprint density at radius 3 is 2.21 bits per heavy atom. The number of amides is 1. The second-order valence-electron chi connectivity index (χ2n) is 18.4. The zero-order valence-corrected chi connectivity index (χ0v) is 39.9. The molecule has 0 spiro atoms. The molecule has 0 unspecified atom stereocenters. The fraction of sp³-hybridized carbons (Fsp3) is 0.490. The molecule has 0 radical (unpaired) electrons. The van der Waals surface area contributed by atoms with Crippen molar-refractivity contribution in [1.82, 2.24) is 10.2 Å². The lowest BCUT2D eigenvalue weighted by atomic mass is 9.98. The minimum atomic E-state index is -3.56. The normalized spacial score (nSPS) is 14.7. The number of hydrogen-bond acceptors (Lipinski definition) is 8. The number of benzene rings is 4.